The molecule has 0 aromatic heterocycles. The average Bonchev–Trinajstić information content (AvgIpc) is 3.11. The van der Waals surface area contributed by atoms with Crippen LogP contribution >= 0.6 is 0 Å². The SMILES string of the molecule is CC(C)(C)OOC(C)(C)C1=CC(c2c(C(C)(C)OOC(C)(C)C)cc(C(C)(C)OOC(C)(C)C)cc2C(C)(C)OOC(C)(C)C)(C(C)(C)OOC(C)(C)C)CC(C(C)(C)OOC(C)(C)C)=C1. The Morgan fingerprint density at radius 2 is 0.621 bits per heavy atom. The first-order valence-corrected chi connectivity index (χ1v) is 23.7. The van der Waals surface area contributed by atoms with Gasteiger partial charge in [-0.2, -0.15) is 0 Å². The first-order valence-electron chi connectivity index (χ1n) is 23.7. The van der Waals surface area contributed by atoms with E-state index in [2.05, 4.69) is 24.3 Å². The normalized spacial score (nSPS) is 18.5. The minimum absolute atomic E-state index is 0.326. The second-order valence-electron chi connectivity index (χ2n) is 27.1. The van der Waals surface area contributed by atoms with Crippen LogP contribution < -0.4 is 0 Å². The van der Waals surface area contributed by atoms with Crippen molar-refractivity contribution in [2.24, 2.45) is 0 Å². The Bertz CT molecular complexity index is 1790. The lowest BCUT2D eigenvalue weighted by molar-refractivity contribution is -0.410. The minimum Gasteiger partial charge on any atom is -0.230 e. The van der Waals surface area contributed by atoms with Gasteiger partial charge in [-0.25, -0.2) is 58.7 Å². The van der Waals surface area contributed by atoms with Gasteiger partial charge in [0, 0.05) is 0 Å². The number of benzene rings is 1. The van der Waals surface area contributed by atoms with Crippen molar-refractivity contribution in [2.75, 3.05) is 0 Å². The summed E-state index contributed by atoms with van der Waals surface area (Å²) in [6.07, 6.45) is 4.68. The third-order valence-corrected chi connectivity index (χ3v) is 10.3. The number of hydrogen-bond donors (Lipinski definition) is 0. The Labute approximate surface area is 402 Å². The highest BCUT2D eigenvalue weighted by molar-refractivity contribution is 5.58. The van der Waals surface area contributed by atoms with Gasteiger partial charge in [0.15, 0.2) is 0 Å². The van der Waals surface area contributed by atoms with Gasteiger partial charge in [0.25, 0.3) is 0 Å². The smallest absolute Gasteiger partial charge is 0.123 e. The summed E-state index contributed by atoms with van der Waals surface area (Å²) in [7, 11) is 0. The predicted molar refractivity (Wildman–Crippen MR) is 262 cm³/mol. The monoisotopic (exact) mass is 937 g/mol. The van der Waals surface area contributed by atoms with Crippen molar-refractivity contribution in [3.8, 4) is 0 Å². The summed E-state index contributed by atoms with van der Waals surface area (Å²) < 4.78 is 0. The van der Waals surface area contributed by atoms with Crippen molar-refractivity contribution in [1.82, 2.24) is 0 Å². The van der Waals surface area contributed by atoms with Crippen LogP contribution in [0.15, 0.2) is 35.4 Å². The fourth-order valence-corrected chi connectivity index (χ4v) is 6.59. The van der Waals surface area contributed by atoms with Gasteiger partial charge in [-0.1, -0.05) is 12.2 Å². The van der Waals surface area contributed by atoms with E-state index in [9.17, 15) is 0 Å². The molecule has 0 saturated carbocycles. The van der Waals surface area contributed by atoms with Crippen LogP contribution in [-0.2, 0) is 80.9 Å². The van der Waals surface area contributed by atoms with Gasteiger partial charge in [-0.15, -0.1) is 0 Å². The third-order valence-electron chi connectivity index (χ3n) is 10.3. The Kier molecular flexibility index (Phi) is 18.1. The molecule has 1 aromatic rings. The molecule has 2 rings (SSSR count). The van der Waals surface area contributed by atoms with Crippen LogP contribution in [0.2, 0.25) is 0 Å². The molecule has 0 bridgehead atoms. The van der Waals surface area contributed by atoms with Crippen molar-refractivity contribution < 1.29 is 58.7 Å². The number of rotatable bonds is 19. The molecular weight excluding hydrogens is 841 g/mol. The second kappa shape index (κ2) is 19.8. The quantitative estimate of drug-likeness (QED) is 0.0972. The van der Waals surface area contributed by atoms with Gasteiger partial charge in [-0.3, -0.25) is 0 Å². The van der Waals surface area contributed by atoms with Gasteiger partial charge < -0.3 is 0 Å². The molecule has 1 aliphatic carbocycles. The van der Waals surface area contributed by atoms with Gasteiger partial charge >= 0.3 is 0 Å². The molecule has 0 saturated heterocycles. The molecule has 0 heterocycles. The fraction of sp³-hybridized carbons (Fsp3) is 0.815. The van der Waals surface area contributed by atoms with Crippen LogP contribution in [0.5, 0.6) is 0 Å². The van der Waals surface area contributed by atoms with Crippen molar-refractivity contribution in [2.45, 2.75) is 287 Å². The first-order chi connectivity index (χ1) is 28.9. The molecule has 0 radical (unpaired) electrons. The Balaban J connectivity index is 3.63. The van der Waals surface area contributed by atoms with E-state index in [4.69, 9.17) is 58.7 Å². The zero-order chi connectivity index (χ0) is 52.0. The molecule has 1 aromatic carbocycles. The molecule has 12 nitrogen and oxygen atoms in total. The lowest BCUT2D eigenvalue weighted by Gasteiger charge is -2.52. The highest BCUT2D eigenvalue weighted by Crippen LogP contribution is 2.57. The van der Waals surface area contributed by atoms with E-state index in [1.165, 1.54) is 0 Å². The molecule has 0 aliphatic heterocycles. The summed E-state index contributed by atoms with van der Waals surface area (Å²) in [6, 6.07) is 4.22. The summed E-state index contributed by atoms with van der Waals surface area (Å²) in [5.41, 5.74) is -6.92. The van der Waals surface area contributed by atoms with Crippen LogP contribution in [0.3, 0.4) is 0 Å². The summed E-state index contributed by atoms with van der Waals surface area (Å²) in [5.74, 6) is 0. The highest BCUT2D eigenvalue weighted by atomic mass is 17.2. The average molecular weight is 937 g/mol. The van der Waals surface area contributed by atoms with E-state index >= 15 is 0 Å². The van der Waals surface area contributed by atoms with Gasteiger partial charge in [0.05, 0.1) is 39.0 Å². The maximum Gasteiger partial charge on any atom is 0.123 e. The van der Waals surface area contributed by atoms with E-state index in [1.54, 1.807) is 0 Å². The van der Waals surface area contributed by atoms with Crippen molar-refractivity contribution in [3.63, 3.8) is 0 Å². The molecule has 1 unspecified atom stereocenters. The maximum absolute atomic E-state index is 6.87. The topological polar surface area (TPSA) is 111 Å². The Morgan fingerprint density at radius 3 is 0.955 bits per heavy atom. The Hall–Kier alpha value is -1.78. The maximum atomic E-state index is 6.87. The second-order valence-corrected chi connectivity index (χ2v) is 27.1. The molecule has 0 spiro atoms. The highest BCUT2D eigenvalue weighted by Gasteiger charge is 2.57. The number of hydrogen-bond acceptors (Lipinski definition) is 12. The van der Waals surface area contributed by atoms with Crippen molar-refractivity contribution >= 4 is 0 Å². The van der Waals surface area contributed by atoms with Crippen LogP contribution in [0.4, 0.5) is 0 Å². The zero-order valence-electron chi connectivity index (χ0n) is 47.4. The molecule has 12 heteroatoms. The summed E-state index contributed by atoms with van der Waals surface area (Å²) in [5, 5.41) is 0. The van der Waals surface area contributed by atoms with Gasteiger partial charge in [0.2, 0.25) is 0 Å². The van der Waals surface area contributed by atoms with Crippen LogP contribution in [-0.4, -0.2) is 50.4 Å². The first kappa shape index (κ1) is 60.3. The minimum atomic E-state index is -1.21. The fourth-order valence-electron chi connectivity index (χ4n) is 6.59. The molecule has 1 atom stereocenters. The molecule has 1 aliphatic rings. The molecule has 384 valence electrons. The standard InChI is InChI=1S/C54H96O12/c1-42(2,3)55-61-48(19,20)36-32-39(51(25,26)64-58-45(10,11)12)41(40(33-36)52(27,28)65-59-46(13,14)15)54(53(29,30)66-60-47(16,17)18)34-37(49(21,22)62-56-43(4,5)6)31-38(35-54)50(23,24)63-57-44(7,8)9/h31-34H,35H2,1-30H3. The van der Waals surface area contributed by atoms with Gasteiger partial charge in [-0.05, 0) is 260 Å². The lowest BCUT2D eigenvalue weighted by atomic mass is 9.56. The van der Waals surface area contributed by atoms with E-state index in [-0.39, 0.29) is 0 Å². The van der Waals surface area contributed by atoms with Crippen molar-refractivity contribution in [3.05, 3.63) is 57.7 Å². The van der Waals surface area contributed by atoms with Crippen molar-refractivity contribution in [1.29, 1.82) is 0 Å². The predicted octanol–water partition coefficient (Wildman–Crippen LogP) is 14.7. The van der Waals surface area contributed by atoms with E-state index in [0.717, 1.165) is 33.4 Å². The zero-order valence-corrected chi connectivity index (χ0v) is 47.4. The van der Waals surface area contributed by atoms with Gasteiger partial charge in [0.1, 0.15) is 33.6 Å². The van der Waals surface area contributed by atoms with E-state index in [1.807, 2.05) is 208 Å². The molecule has 0 amide bonds. The van der Waals surface area contributed by atoms with E-state index in [0.29, 0.717) is 6.42 Å². The molecule has 66 heavy (non-hydrogen) atoms. The Morgan fingerprint density at radius 1 is 0.333 bits per heavy atom. The van der Waals surface area contributed by atoms with Crippen LogP contribution in [0, 0.1) is 0 Å². The van der Waals surface area contributed by atoms with E-state index < -0.39 is 72.6 Å². The summed E-state index contributed by atoms with van der Waals surface area (Å²) >= 11 is 0. The third kappa shape index (κ3) is 17.6. The summed E-state index contributed by atoms with van der Waals surface area (Å²) in [6.45, 7) is 59.1. The summed E-state index contributed by atoms with van der Waals surface area (Å²) in [4.78, 5) is 76.6. The van der Waals surface area contributed by atoms with Crippen LogP contribution in [0.1, 0.15) is 236 Å². The molecule has 0 N–H and O–H groups in total. The molecular formula is C54H96O12. The lowest BCUT2D eigenvalue weighted by Crippen LogP contribution is -2.55. The van der Waals surface area contributed by atoms with Crippen LogP contribution in [0.25, 0.3) is 0 Å². The largest absolute Gasteiger partial charge is 0.230 e. The molecule has 0 fully saturated rings.